The van der Waals surface area contributed by atoms with E-state index in [9.17, 15) is 0 Å². The maximum atomic E-state index is 5.52. The normalized spacial score (nSPS) is 17.1. The Kier molecular flexibility index (Phi) is 4.22. The number of ether oxygens (including phenoxy) is 2. The van der Waals surface area contributed by atoms with Gasteiger partial charge in [-0.3, -0.25) is 0 Å². The molecule has 0 atom stereocenters. The molecule has 0 saturated carbocycles. The van der Waals surface area contributed by atoms with Crippen LogP contribution in [0, 0.1) is 5.92 Å². The van der Waals surface area contributed by atoms with Crippen molar-refractivity contribution < 1.29 is 9.47 Å². The molecule has 0 bridgehead atoms. The first-order valence-electron chi connectivity index (χ1n) is 5.15. The van der Waals surface area contributed by atoms with E-state index in [0.29, 0.717) is 24.9 Å². The zero-order chi connectivity index (χ0) is 11.3. The Bertz CT molecular complexity index is 308. The number of allylic oxidation sites excluding steroid dienone is 4. The second-order valence-corrected chi connectivity index (χ2v) is 3.63. The Morgan fingerprint density at radius 1 is 1.20 bits per heavy atom. The molecule has 1 heterocycles. The molecule has 0 aliphatic carbocycles. The van der Waals surface area contributed by atoms with E-state index < -0.39 is 0 Å². The highest BCUT2D eigenvalue weighted by molar-refractivity contribution is 5.32. The molecule has 0 amide bonds. The van der Waals surface area contributed by atoms with Crippen LogP contribution in [0.5, 0.6) is 0 Å². The van der Waals surface area contributed by atoms with Crippen LogP contribution < -0.4 is 0 Å². The molecule has 1 rings (SSSR count). The quantitative estimate of drug-likeness (QED) is 0.658. The first-order chi connectivity index (χ1) is 7.19. The van der Waals surface area contributed by atoms with E-state index in [4.69, 9.17) is 9.47 Å². The van der Waals surface area contributed by atoms with Gasteiger partial charge >= 0.3 is 0 Å². The number of rotatable bonds is 4. The molecule has 1 aliphatic rings. The van der Waals surface area contributed by atoms with Gasteiger partial charge in [-0.05, 0) is 23.6 Å². The standard InChI is InChI=1S/C13H18O2/c1-5-11(10(3)4)9-13-12(6-2)14-7-8-15-13/h5-6,9-10H,1-2,7-8H2,3-4H3/b11-9+. The molecule has 0 unspecified atom stereocenters. The van der Waals surface area contributed by atoms with Crippen LogP contribution in [0.3, 0.4) is 0 Å². The molecule has 0 aromatic rings. The lowest BCUT2D eigenvalue weighted by molar-refractivity contribution is 0.0768. The third-order valence-corrected chi connectivity index (χ3v) is 2.23. The van der Waals surface area contributed by atoms with Gasteiger partial charge in [0.2, 0.25) is 0 Å². The summed E-state index contributed by atoms with van der Waals surface area (Å²) in [5.41, 5.74) is 1.13. The van der Waals surface area contributed by atoms with Gasteiger partial charge in [0.05, 0.1) is 0 Å². The van der Waals surface area contributed by atoms with Gasteiger partial charge in [0.1, 0.15) is 13.2 Å². The van der Waals surface area contributed by atoms with Crippen LogP contribution in [-0.2, 0) is 9.47 Å². The van der Waals surface area contributed by atoms with Crippen molar-refractivity contribution in [3.8, 4) is 0 Å². The van der Waals surface area contributed by atoms with E-state index in [1.54, 1.807) is 6.08 Å². The minimum absolute atomic E-state index is 0.423. The minimum atomic E-state index is 0.423. The zero-order valence-corrected chi connectivity index (χ0v) is 9.45. The van der Waals surface area contributed by atoms with E-state index >= 15 is 0 Å². The van der Waals surface area contributed by atoms with Crippen LogP contribution in [0.25, 0.3) is 0 Å². The van der Waals surface area contributed by atoms with Crippen molar-refractivity contribution in [2.24, 2.45) is 5.92 Å². The lowest BCUT2D eigenvalue weighted by Gasteiger charge is -2.19. The highest BCUT2D eigenvalue weighted by atomic mass is 16.6. The summed E-state index contributed by atoms with van der Waals surface area (Å²) in [5.74, 6) is 1.88. The third-order valence-electron chi connectivity index (χ3n) is 2.23. The largest absolute Gasteiger partial charge is 0.486 e. The number of hydrogen-bond acceptors (Lipinski definition) is 2. The van der Waals surface area contributed by atoms with Gasteiger partial charge in [0, 0.05) is 0 Å². The SMILES string of the molecule is C=CC1=C(/C=C(\C=C)C(C)C)OCCO1. The van der Waals surface area contributed by atoms with Crippen LogP contribution in [0.2, 0.25) is 0 Å². The van der Waals surface area contributed by atoms with E-state index in [1.807, 2.05) is 12.2 Å². The predicted octanol–water partition coefficient (Wildman–Crippen LogP) is 3.20. The van der Waals surface area contributed by atoms with Crippen molar-refractivity contribution >= 4 is 0 Å². The molecule has 82 valence electrons. The molecule has 2 heteroatoms. The topological polar surface area (TPSA) is 18.5 Å². The average Bonchev–Trinajstić information content (AvgIpc) is 2.25. The van der Waals surface area contributed by atoms with Gasteiger partial charge in [-0.2, -0.15) is 0 Å². The summed E-state index contributed by atoms with van der Waals surface area (Å²) in [6, 6.07) is 0. The molecule has 0 spiro atoms. The summed E-state index contributed by atoms with van der Waals surface area (Å²) in [6.07, 6.45) is 5.48. The van der Waals surface area contributed by atoms with Crippen LogP contribution in [0.1, 0.15) is 13.8 Å². The molecule has 0 N–H and O–H groups in total. The van der Waals surface area contributed by atoms with Crippen molar-refractivity contribution in [1.82, 2.24) is 0 Å². The number of hydrogen-bond donors (Lipinski definition) is 0. The highest BCUT2D eigenvalue weighted by Crippen LogP contribution is 2.20. The molecule has 0 fully saturated rings. The van der Waals surface area contributed by atoms with Crippen molar-refractivity contribution in [2.45, 2.75) is 13.8 Å². The smallest absolute Gasteiger partial charge is 0.161 e. The first kappa shape index (κ1) is 11.6. The fourth-order valence-electron chi connectivity index (χ4n) is 1.33. The lowest BCUT2D eigenvalue weighted by atomic mass is 10.0. The Labute approximate surface area is 91.6 Å². The van der Waals surface area contributed by atoms with Gasteiger partial charge in [0.25, 0.3) is 0 Å². The molecule has 0 saturated heterocycles. The van der Waals surface area contributed by atoms with Gasteiger partial charge in [0.15, 0.2) is 11.5 Å². The Morgan fingerprint density at radius 3 is 2.27 bits per heavy atom. The predicted molar refractivity (Wildman–Crippen MR) is 62.2 cm³/mol. The summed E-state index contributed by atoms with van der Waals surface area (Å²) < 4.78 is 10.9. The first-order valence-corrected chi connectivity index (χ1v) is 5.15. The molecule has 1 aliphatic heterocycles. The molecule has 2 nitrogen and oxygen atoms in total. The molecular weight excluding hydrogens is 188 g/mol. The lowest BCUT2D eigenvalue weighted by Crippen LogP contribution is -2.12. The van der Waals surface area contributed by atoms with Crippen molar-refractivity contribution in [3.05, 3.63) is 48.5 Å². The summed E-state index contributed by atoms with van der Waals surface area (Å²) in [4.78, 5) is 0. The maximum Gasteiger partial charge on any atom is 0.161 e. The molecule has 15 heavy (non-hydrogen) atoms. The van der Waals surface area contributed by atoms with E-state index in [2.05, 4.69) is 27.0 Å². The van der Waals surface area contributed by atoms with E-state index in [-0.39, 0.29) is 0 Å². The Morgan fingerprint density at radius 2 is 1.80 bits per heavy atom. The van der Waals surface area contributed by atoms with E-state index in [1.165, 1.54) is 0 Å². The average molecular weight is 206 g/mol. The molecule has 0 aromatic heterocycles. The zero-order valence-electron chi connectivity index (χ0n) is 9.45. The molecule has 0 radical (unpaired) electrons. The van der Waals surface area contributed by atoms with Gasteiger partial charge < -0.3 is 9.47 Å². The second-order valence-electron chi connectivity index (χ2n) is 3.63. The summed E-state index contributed by atoms with van der Waals surface area (Å²) in [7, 11) is 0. The fraction of sp³-hybridized carbons (Fsp3) is 0.385. The molecule has 0 aromatic carbocycles. The highest BCUT2D eigenvalue weighted by Gasteiger charge is 2.11. The fourth-order valence-corrected chi connectivity index (χ4v) is 1.33. The van der Waals surface area contributed by atoms with Crippen molar-refractivity contribution in [1.29, 1.82) is 0 Å². The van der Waals surface area contributed by atoms with Crippen molar-refractivity contribution in [2.75, 3.05) is 13.2 Å². The van der Waals surface area contributed by atoms with Crippen LogP contribution >= 0.6 is 0 Å². The van der Waals surface area contributed by atoms with Gasteiger partial charge in [-0.15, -0.1) is 0 Å². The summed E-state index contributed by atoms with van der Waals surface area (Å²) >= 11 is 0. The van der Waals surface area contributed by atoms with E-state index in [0.717, 1.165) is 11.3 Å². The van der Waals surface area contributed by atoms with Crippen LogP contribution in [0.4, 0.5) is 0 Å². The van der Waals surface area contributed by atoms with Crippen LogP contribution in [0.15, 0.2) is 48.5 Å². The van der Waals surface area contributed by atoms with Crippen molar-refractivity contribution in [3.63, 3.8) is 0 Å². The van der Waals surface area contributed by atoms with Gasteiger partial charge in [-0.25, -0.2) is 0 Å². The Hall–Kier alpha value is -1.44. The second kappa shape index (κ2) is 5.44. The summed E-state index contributed by atoms with van der Waals surface area (Å²) in [6.45, 7) is 12.9. The summed E-state index contributed by atoms with van der Waals surface area (Å²) in [5, 5.41) is 0. The monoisotopic (exact) mass is 206 g/mol. The van der Waals surface area contributed by atoms with Gasteiger partial charge in [-0.1, -0.05) is 33.1 Å². The Balaban J connectivity index is 2.98. The molecular formula is C13H18O2. The maximum absolute atomic E-state index is 5.52. The third kappa shape index (κ3) is 3.01. The minimum Gasteiger partial charge on any atom is -0.486 e. The van der Waals surface area contributed by atoms with Crippen LogP contribution in [-0.4, -0.2) is 13.2 Å².